The van der Waals surface area contributed by atoms with Gasteiger partial charge in [0.2, 0.25) is 11.8 Å². The lowest BCUT2D eigenvalue weighted by atomic mass is 9.94. The number of halogens is 1. The van der Waals surface area contributed by atoms with Crippen LogP contribution < -0.4 is 5.32 Å². The number of benzene rings is 3. The Kier molecular flexibility index (Phi) is 9.70. The van der Waals surface area contributed by atoms with Crippen molar-refractivity contribution >= 4 is 35.2 Å². The fourth-order valence-electron chi connectivity index (χ4n) is 5.86. The van der Waals surface area contributed by atoms with E-state index in [1.54, 1.807) is 41.3 Å². The number of hydrogen-bond donors (Lipinski definition) is 1. The zero-order valence-corrected chi connectivity index (χ0v) is 24.4. The molecule has 1 saturated carbocycles. The van der Waals surface area contributed by atoms with E-state index in [0.29, 0.717) is 29.0 Å². The van der Waals surface area contributed by atoms with Gasteiger partial charge in [0.15, 0.2) is 0 Å². The van der Waals surface area contributed by atoms with Crippen LogP contribution in [0.5, 0.6) is 0 Å². The van der Waals surface area contributed by atoms with Crippen LogP contribution >= 0.6 is 11.6 Å². The number of fused-ring (bicyclic) bond motifs is 1. The van der Waals surface area contributed by atoms with E-state index in [-0.39, 0.29) is 49.2 Å². The van der Waals surface area contributed by atoms with Gasteiger partial charge in [0, 0.05) is 37.0 Å². The first-order chi connectivity index (χ1) is 20.4. The molecule has 1 atom stereocenters. The lowest BCUT2D eigenvalue weighted by molar-refractivity contribution is -0.141. The Bertz CT molecular complexity index is 1390. The third kappa shape index (κ3) is 7.08. The minimum atomic E-state index is -0.725. The lowest BCUT2D eigenvalue weighted by Crippen LogP contribution is -2.52. The minimum Gasteiger partial charge on any atom is -0.352 e. The van der Waals surface area contributed by atoms with Crippen LogP contribution in [0.1, 0.15) is 76.8 Å². The molecule has 1 aliphatic heterocycles. The smallest absolute Gasteiger partial charge is 0.261 e. The normalized spacial score (nSPS) is 15.8. The Morgan fingerprint density at radius 3 is 2.10 bits per heavy atom. The molecule has 7 nitrogen and oxygen atoms in total. The molecule has 1 heterocycles. The zero-order chi connectivity index (χ0) is 29.5. The van der Waals surface area contributed by atoms with Crippen molar-refractivity contribution < 1.29 is 19.2 Å². The molecule has 218 valence electrons. The molecule has 3 aromatic rings. The summed E-state index contributed by atoms with van der Waals surface area (Å²) in [5.74, 6) is -1.04. The third-order valence-corrected chi connectivity index (χ3v) is 8.39. The van der Waals surface area contributed by atoms with Gasteiger partial charge in [-0.1, -0.05) is 85.5 Å². The maximum atomic E-state index is 13.9. The van der Waals surface area contributed by atoms with Gasteiger partial charge in [-0.25, -0.2) is 0 Å². The number of hydrogen-bond acceptors (Lipinski definition) is 4. The first-order valence-corrected chi connectivity index (χ1v) is 15.1. The second kappa shape index (κ2) is 13.8. The van der Waals surface area contributed by atoms with Crippen LogP contribution in [0.25, 0.3) is 0 Å². The molecule has 0 spiro atoms. The Morgan fingerprint density at radius 2 is 1.45 bits per heavy atom. The first-order valence-electron chi connectivity index (χ1n) is 14.7. The average Bonchev–Trinajstić information content (AvgIpc) is 3.25. The summed E-state index contributed by atoms with van der Waals surface area (Å²) in [5, 5.41) is 3.83. The number of nitrogens with zero attached hydrogens (tertiary/aromatic N) is 2. The SMILES string of the molecule is O=C(NC1CCCCC1)[C@@H](Cc1ccccc1)N(Cc1ccc(Cl)cc1)C(=O)CCCN1C(=O)c2ccccc2C1=O. The molecule has 8 heteroatoms. The van der Waals surface area contributed by atoms with Crippen LogP contribution in [0, 0.1) is 0 Å². The molecule has 0 radical (unpaired) electrons. The number of rotatable bonds is 11. The summed E-state index contributed by atoms with van der Waals surface area (Å²) < 4.78 is 0. The summed E-state index contributed by atoms with van der Waals surface area (Å²) in [6.45, 7) is 0.364. The van der Waals surface area contributed by atoms with E-state index < -0.39 is 6.04 Å². The fourth-order valence-corrected chi connectivity index (χ4v) is 5.98. The molecule has 1 N–H and O–H groups in total. The predicted molar refractivity (Wildman–Crippen MR) is 162 cm³/mol. The van der Waals surface area contributed by atoms with E-state index in [1.807, 2.05) is 42.5 Å². The van der Waals surface area contributed by atoms with Crippen molar-refractivity contribution in [2.75, 3.05) is 6.54 Å². The summed E-state index contributed by atoms with van der Waals surface area (Å²) in [4.78, 5) is 56.3. The Morgan fingerprint density at radius 1 is 0.833 bits per heavy atom. The lowest BCUT2D eigenvalue weighted by Gasteiger charge is -2.33. The minimum absolute atomic E-state index is 0.0863. The van der Waals surface area contributed by atoms with Gasteiger partial charge >= 0.3 is 0 Å². The van der Waals surface area contributed by atoms with Gasteiger partial charge in [-0.15, -0.1) is 0 Å². The standard InChI is InChI=1S/C34H36ClN3O4/c35-26-19-17-25(18-20-26)23-38(31(39)16-9-21-37-33(41)28-14-7-8-15-29(28)34(37)42)30(22-24-10-3-1-4-11-24)32(40)36-27-12-5-2-6-13-27/h1,3-4,7-8,10-11,14-15,17-20,27,30H,2,5-6,9,12-13,16,21-23H2,(H,36,40)/t30-/m1/s1. The summed E-state index contributed by atoms with van der Waals surface area (Å²) in [7, 11) is 0. The topological polar surface area (TPSA) is 86.8 Å². The highest BCUT2D eigenvalue weighted by Crippen LogP contribution is 2.24. The molecule has 5 rings (SSSR count). The van der Waals surface area contributed by atoms with Crippen molar-refractivity contribution in [2.45, 2.75) is 70.0 Å². The molecule has 42 heavy (non-hydrogen) atoms. The molecular weight excluding hydrogens is 550 g/mol. The van der Waals surface area contributed by atoms with E-state index in [0.717, 1.165) is 36.8 Å². The highest BCUT2D eigenvalue weighted by Gasteiger charge is 2.36. The number of carbonyl (C=O) groups is 4. The quantitative estimate of drug-likeness (QED) is 0.288. The summed E-state index contributed by atoms with van der Waals surface area (Å²) in [6, 6.07) is 23.1. The van der Waals surface area contributed by atoms with Crippen LogP contribution in [0.3, 0.4) is 0 Å². The third-order valence-electron chi connectivity index (χ3n) is 8.14. The second-order valence-electron chi connectivity index (χ2n) is 11.1. The molecule has 0 unspecified atom stereocenters. The van der Waals surface area contributed by atoms with Crippen LogP contribution in [-0.4, -0.2) is 52.1 Å². The van der Waals surface area contributed by atoms with E-state index in [1.165, 1.54) is 11.3 Å². The van der Waals surface area contributed by atoms with Gasteiger partial charge in [-0.2, -0.15) is 0 Å². The van der Waals surface area contributed by atoms with E-state index in [4.69, 9.17) is 11.6 Å². The molecule has 0 saturated heterocycles. The van der Waals surface area contributed by atoms with Crippen molar-refractivity contribution in [1.29, 1.82) is 0 Å². The maximum Gasteiger partial charge on any atom is 0.261 e. The highest BCUT2D eigenvalue weighted by atomic mass is 35.5. The Labute approximate surface area is 251 Å². The van der Waals surface area contributed by atoms with Gasteiger partial charge in [0.05, 0.1) is 11.1 Å². The second-order valence-corrected chi connectivity index (χ2v) is 11.5. The van der Waals surface area contributed by atoms with Crippen molar-refractivity contribution in [3.05, 3.63) is 106 Å². The van der Waals surface area contributed by atoms with Crippen molar-refractivity contribution in [2.24, 2.45) is 0 Å². The molecule has 0 bridgehead atoms. The fraction of sp³-hybridized carbons (Fsp3) is 0.353. The number of nitrogens with one attached hydrogen (secondary N) is 1. The zero-order valence-electron chi connectivity index (χ0n) is 23.6. The molecule has 4 amide bonds. The van der Waals surface area contributed by atoms with Gasteiger partial charge < -0.3 is 10.2 Å². The summed E-state index contributed by atoms with van der Waals surface area (Å²) in [6.07, 6.45) is 5.97. The van der Waals surface area contributed by atoms with Gasteiger partial charge in [0.25, 0.3) is 11.8 Å². The predicted octanol–water partition coefficient (Wildman–Crippen LogP) is 5.81. The van der Waals surface area contributed by atoms with Gasteiger partial charge in [0.1, 0.15) is 6.04 Å². The van der Waals surface area contributed by atoms with Crippen LogP contribution in [0.15, 0.2) is 78.9 Å². The number of amides is 4. The summed E-state index contributed by atoms with van der Waals surface area (Å²) >= 11 is 6.12. The molecular formula is C34H36ClN3O4. The summed E-state index contributed by atoms with van der Waals surface area (Å²) in [5.41, 5.74) is 2.60. The van der Waals surface area contributed by atoms with Crippen molar-refractivity contribution in [3.8, 4) is 0 Å². The van der Waals surface area contributed by atoms with Crippen molar-refractivity contribution in [3.63, 3.8) is 0 Å². The largest absolute Gasteiger partial charge is 0.352 e. The highest BCUT2D eigenvalue weighted by molar-refractivity contribution is 6.30. The molecule has 2 aliphatic rings. The van der Waals surface area contributed by atoms with Gasteiger partial charge in [-0.3, -0.25) is 24.1 Å². The van der Waals surface area contributed by atoms with Crippen LogP contribution in [0.4, 0.5) is 0 Å². The number of imide groups is 1. The van der Waals surface area contributed by atoms with Crippen molar-refractivity contribution in [1.82, 2.24) is 15.1 Å². The maximum absolute atomic E-state index is 13.9. The van der Waals surface area contributed by atoms with Gasteiger partial charge in [-0.05, 0) is 54.7 Å². The molecule has 3 aromatic carbocycles. The van der Waals surface area contributed by atoms with E-state index >= 15 is 0 Å². The van der Waals surface area contributed by atoms with Crippen LogP contribution in [0.2, 0.25) is 5.02 Å². The number of carbonyl (C=O) groups excluding carboxylic acids is 4. The van der Waals surface area contributed by atoms with E-state index in [9.17, 15) is 19.2 Å². The Hall–Kier alpha value is -3.97. The first kappa shape index (κ1) is 29.5. The average molecular weight is 586 g/mol. The Balaban J connectivity index is 1.35. The van der Waals surface area contributed by atoms with Crippen LogP contribution in [-0.2, 0) is 22.6 Å². The molecule has 0 aromatic heterocycles. The molecule has 1 aliphatic carbocycles. The monoisotopic (exact) mass is 585 g/mol. The van der Waals surface area contributed by atoms with E-state index in [2.05, 4.69) is 5.32 Å². The molecule has 1 fully saturated rings.